The fourth-order valence-corrected chi connectivity index (χ4v) is 6.15. The number of hydrogen-bond donors (Lipinski definition) is 0. The van der Waals surface area contributed by atoms with Crippen LogP contribution in [0.1, 0.15) is 34.6 Å². The van der Waals surface area contributed by atoms with Gasteiger partial charge < -0.3 is 13.7 Å². The topological polar surface area (TPSA) is 70.2 Å². The zero-order valence-corrected chi connectivity index (χ0v) is 20.1. The third-order valence-electron chi connectivity index (χ3n) is 5.75. The molecule has 4 aromatic rings. The maximum absolute atomic E-state index is 12.9. The van der Waals surface area contributed by atoms with Crippen LogP contribution in [0.15, 0.2) is 40.0 Å². The van der Waals surface area contributed by atoms with Crippen LogP contribution in [0.3, 0.4) is 0 Å². The van der Waals surface area contributed by atoms with Gasteiger partial charge in [-0.25, -0.2) is 0 Å². The van der Waals surface area contributed by atoms with Crippen molar-refractivity contribution in [1.82, 2.24) is 14.8 Å². The maximum atomic E-state index is 12.9. The maximum Gasteiger partial charge on any atom is 0.277 e. The predicted molar refractivity (Wildman–Crippen MR) is 128 cm³/mol. The third kappa shape index (κ3) is 4.12. The number of fused-ring (bicyclic) bond motifs is 1. The number of rotatable bonds is 7. The fraction of sp³-hybridized carbons (Fsp3) is 0.348. The zero-order chi connectivity index (χ0) is 22.2. The average Bonchev–Trinajstić information content (AvgIpc) is 3.57. The second-order valence-electron chi connectivity index (χ2n) is 7.86. The van der Waals surface area contributed by atoms with Gasteiger partial charge >= 0.3 is 0 Å². The van der Waals surface area contributed by atoms with Gasteiger partial charge in [0.15, 0.2) is 5.78 Å². The molecule has 0 unspecified atom stereocenters. The molecule has 1 aromatic carbocycles. The summed E-state index contributed by atoms with van der Waals surface area (Å²) < 4.78 is 14.8. The number of thiophene rings is 1. The van der Waals surface area contributed by atoms with E-state index in [1.165, 1.54) is 23.1 Å². The number of thioether (sulfide) groups is 1. The van der Waals surface area contributed by atoms with Crippen molar-refractivity contribution in [2.45, 2.75) is 44.6 Å². The summed E-state index contributed by atoms with van der Waals surface area (Å²) in [5.41, 5.74) is 2.79. The Kier molecular flexibility index (Phi) is 6.11. The van der Waals surface area contributed by atoms with Crippen molar-refractivity contribution in [3.63, 3.8) is 0 Å². The van der Waals surface area contributed by atoms with Gasteiger partial charge in [-0.15, -0.1) is 21.5 Å². The second kappa shape index (κ2) is 9.02. The first-order valence-electron chi connectivity index (χ1n) is 10.5. The van der Waals surface area contributed by atoms with Crippen LogP contribution in [-0.4, -0.2) is 39.0 Å². The lowest BCUT2D eigenvalue weighted by Crippen LogP contribution is -2.17. The standard InChI is InChI=1S/C23H22ClN3O3S2/c1-13-10-17(14(2)27(13)11-15-6-5-9-29-15)18(28)12-31-23-26-25-22(30-23)21-20(24)16-7-3-4-8-19(16)32-21/h3-4,7-8,10,15H,5-6,9,11-12H2,1-2H3/t15-/m1/s1. The lowest BCUT2D eigenvalue weighted by Gasteiger charge is -2.14. The molecule has 4 heterocycles. The highest BCUT2D eigenvalue weighted by molar-refractivity contribution is 7.99. The van der Waals surface area contributed by atoms with Crippen LogP contribution in [0.5, 0.6) is 0 Å². The largest absolute Gasteiger partial charge is 0.410 e. The van der Waals surface area contributed by atoms with Gasteiger partial charge in [0.2, 0.25) is 0 Å². The Morgan fingerprint density at radius 2 is 2.16 bits per heavy atom. The van der Waals surface area contributed by atoms with Gasteiger partial charge in [-0.05, 0) is 38.8 Å². The molecule has 0 spiro atoms. The van der Waals surface area contributed by atoms with E-state index in [2.05, 4.69) is 14.8 Å². The molecule has 1 saturated heterocycles. The minimum absolute atomic E-state index is 0.0429. The lowest BCUT2D eigenvalue weighted by atomic mass is 10.2. The summed E-state index contributed by atoms with van der Waals surface area (Å²) in [5, 5.41) is 10.2. The average molecular weight is 488 g/mol. The number of aromatic nitrogens is 3. The number of ether oxygens (including phenoxy) is 1. The van der Waals surface area contributed by atoms with Crippen molar-refractivity contribution in [2.75, 3.05) is 12.4 Å². The first-order chi connectivity index (χ1) is 15.5. The lowest BCUT2D eigenvalue weighted by molar-refractivity contribution is 0.0957. The van der Waals surface area contributed by atoms with Gasteiger partial charge in [0, 0.05) is 40.2 Å². The number of carbonyl (C=O) groups is 1. The van der Waals surface area contributed by atoms with Crippen molar-refractivity contribution < 1.29 is 13.9 Å². The van der Waals surface area contributed by atoms with Crippen LogP contribution in [0.4, 0.5) is 0 Å². The zero-order valence-electron chi connectivity index (χ0n) is 17.8. The molecule has 5 rings (SSSR count). The number of aryl methyl sites for hydroxylation is 1. The van der Waals surface area contributed by atoms with Crippen LogP contribution < -0.4 is 0 Å². The van der Waals surface area contributed by atoms with E-state index in [0.29, 0.717) is 16.1 Å². The third-order valence-corrected chi connectivity index (χ3v) is 8.23. The van der Waals surface area contributed by atoms with Crippen molar-refractivity contribution in [2.24, 2.45) is 0 Å². The molecular formula is C23H22ClN3O3S2. The van der Waals surface area contributed by atoms with Gasteiger partial charge in [-0.3, -0.25) is 4.79 Å². The summed E-state index contributed by atoms with van der Waals surface area (Å²) in [4.78, 5) is 13.7. The van der Waals surface area contributed by atoms with Crippen molar-refractivity contribution in [3.8, 4) is 10.8 Å². The highest BCUT2D eigenvalue weighted by Crippen LogP contribution is 2.41. The SMILES string of the molecule is Cc1cc(C(=O)CSc2nnc(-c3sc4ccccc4c3Cl)o2)c(C)n1C[C@H]1CCCO1. The van der Waals surface area contributed by atoms with Gasteiger partial charge in [-0.1, -0.05) is 41.6 Å². The molecule has 0 amide bonds. The number of ketones is 1. The Balaban J connectivity index is 1.28. The molecule has 1 fully saturated rings. The van der Waals surface area contributed by atoms with Crippen molar-refractivity contribution >= 4 is 50.6 Å². The molecule has 32 heavy (non-hydrogen) atoms. The Hall–Kier alpha value is -2.13. The molecule has 0 saturated carbocycles. The smallest absolute Gasteiger partial charge is 0.277 e. The molecule has 0 N–H and O–H groups in total. The summed E-state index contributed by atoms with van der Waals surface area (Å²) >= 11 is 9.27. The molecule has 0 bridgehead atoms. The number of hydrogen-bond acceptors (Lipinski definition) is 7. The normalized spacial score (nSPS) is 16.3. The summed E-state index contributed by atoms with van der Waals surface area (Å²) in [6, 6.07) is 9.86. The van der Waals surface area contributed by atoms with Crippen LogP contribution >= 0.6 is 34.7 Å². The Morgan fingerprint density at radius 1 is 1.31 bits per heavy atom. The number of nitrogens with zero attached hydrogens (tertiary/aromatic N) is 3. The van der Waals surface area contributed by atoms with E-state index >= 15 is 0 Å². The summed E-state index contributed by atoms with van der Waals surface area (Å²) in [7, 11) is 0. The number of carbonyl (C=O) groups excluding carboxylic acids is 1. The molecule has 6 nitrogen and oxygen atoms in total. The van der Waals surface area contributed by atoms with Crippen LogP contribution in [0.25, 0.3) is 20.9 Å². The Labute approximate surface area is 198 Å². The van der Waals surface area contributed by atoms with Crippen molar-refractivity contribution in [1.29, 1.82) is 0 Å². The summed E-state index contributed by atoms with van der Waals surface area (Å²) in [6.45, 7) is 5.64. The highest BCUT2D eigenvalue weighted by Gasteiger charge is 2.22. The Bertz CT molecular complexity index is 1290. The molecule has 1 aliphatic rings. The van der Waals surface area contributed by atoms with E-state index in [9.17, 15) is 4.79 Å². The fourth-order valence-electron chi connectivity index (χ4n) is 4.07. The number of benzene rings is 1. The van der Waals surface area contributed by atoms with E-state index in [1.54, 1.807) is 0 Å². The van der Waals surface area contributed by atoms with E-state index in [4.69, 9.17) is 20.8 Å². The summed E-state index contributed by atoms with van der Waals surface area (Å²) in [6.07, 6.45) is 2.40. The van der Waals surface area contributed by atoms with E-state index < -0.39 is 0 Å². The minimum atomic E-state index is 0.0429. The molecular weight excluding hydrogens is 466 g/mol. The van der Waals surface area contributed by atoms with Crippen LogP contribution in [0.2, 0.25) is 5.02 Å². The summed E-state index contributed by atoms with van der Waals surface area (Å²) in [5.74, 6) is 0.647. The minimum Gasteiger partial charge on any atom is -0.410 e. The Morgan fingerprint density at radius 3 is 2.94 bits per heavy atom. The van der Waals surface area contributed by atoms with E-state index in [-0.39, 0.29) is 17.6 Å². The van der Waals surface area contributed by atoms with Gasteiger partial charge in [0.1, 0.15) is 4.88 Å². The van der Waals surface area contributed by atoms with Crippen LogP contribution in [-0.2, 0) is 11.3 Å². The quantitative estimate of drug-likeness (QED) is 0.229. The van der Waals surface area contributed by atoms with Crippen molar-refractivity contribution in [3.05, 3.63) is 52.3 Å². The molecule has 0 aliphatic carbocycles. The molecule has 1 atom stereocenters. The number of halogens is 1. The molecule has 0 radical (unpaired) electrons. The number of Topliss-reactive ketones (excluding diaryl/α,β-unsaturated/α-hetero) is 1. The first-order valence-corrected chi connectivity index (χ1v) is 12.6. The monoisotopic (exact) mass is 487 g/mol. The van der Waals surface area contributed by atoms with Gasteiger partial charge in [0.05, 0.1) is 16.9 Å². The highest BCUT2D eigenvalue weighted by atomic mass is 35.5. The second-order valence-corrected chi connectivity index (χ2v) is 10.2. The van der Waals surface area contributed by atoms with E-state index in [1.807, 2.05) is 44.2 Å². The molecule has 3 aromatic heterocycles. The van der Waals surface area contributed by atoms with Crippen LogP contribution in [0, 0.1) is 13.8 Å². The molecule has 9 heteroatoms. The van der Waals surface area contributed by atoms with Gasteiger partial charge in [-0.2, -0.15) is 0 Å². The molecule has 1 aliphatic heterocycles. The first kappa shape index (κ1) is 21.7. The van der Waals surface area contributed by atoms with Gasteiger partial charge in [0.25, 0.3) is 11.1 Å². The predicted octanol–water partition coefficient (Wildman–Crippen LogP) is 6.18. The van der Waals surface area contributed by atoms with E-state index in [0.717, 1.165) is 57.9 Å². The molecule has 166 valence electrons.